The minimum absolute atomic E-state index is 0.446. The Kier molecular flexibility index (Phi) is 3.57. The summed E-state index contributed by atoms with van der Waals surface area (Å²) in [5.74, 6) is 0. The first-order valence-electron chi connectivity index (χ1n) is 7.72. The number of piperidine rings is 1. The molecule has 0 saturated carbocycles. The van der Waals surface area contributed by atoms with Gasteiger partial charge in [-0.05, 0) is 44.0 Å². The second-order valence-electron chi connectivity index (χ2n) is 6.35. The SMILES string of the molecule is c1cc(-c2ccc(CN3CCC[C@@]4(CCOC4)C3)s2)[nH]n1. The van der Waals surface area contributed by atoms with E-state index < -0.39 is 0 Å². The molecule has 0 bridgehead atoms. The number of aromatic nitrogens is 2. The minimum Gasteiger partial charge on any atom is -0.381 e. The first-order valence-corrected chi connectivity index (χ1v) is 8.53. The third-order valence-corrected chi connectivity index (χ3v) is 5.84. The normalized spacial score (nSPS) is 26.7. The van der Waals surface area contributed by atoms with Crippen molar-refractivity contribution in [3.05, 3.63) is 29.3 Å². The molecule has 21 heavy (non-hydrogen) atoms. The van der Waals surface area contributed by atoms with Crippen LogP contribution in [0.15, 0.2) is 24.4 Å². The predicted octanol–water partition coefficient (Wildman–Crippen LogP) is 3.14. The molecule has 2 aliphatic heterocycles. The molecule has 2 fully saturated rings. The Labute approximate surface area is 129 Å². The van der Waals surface area contributed by atoms with E-state index in [4.69, 9.17) is 4.74 Å². The number of ether oxygens (including phenoxy) is 1. The average Bonchev–Trinajstić information content (AvgIpc) is 3.20. The summed E-state index contributed by atoms with van der Waals surface area (Å²) in [4.78, 5) is 5.33. The summed E-state index contributed by atoms with van der Waals surface area (Å²) in [6.07, 6.45) is 5.70. The molecule has 0 radical (unpaired) electrons. The molecule has 0 unspecified atom stereocenters. The molecule has 0 aromatic carbocycles. The van der Waals surface area contributed by atoms with Crippen LogP contribution in [0.25, 0.3) is 10.6 Å². The van der Waals surface area contributed by atoms with E-state index in [-0.39, 0.29) is 0 Å². The molecule has 0 amide bonds. The number of rotatable bonds is 3. The van der Waals surface area contributed by atoms with Gasteiger partial charge in [-0.1, -0.05) is 0 Å². The van der Waals surface area contributed by atoms with Crippen LogP contribution < -0.4 is 0 Å². The summed E-state index contributed by atoms with van der Waals surface area (Å²) < 4.78 is 5.65. The third kappa shape index (κ3) is 2.78. The van der Waals surface area contributed by atoms with Crippen LogP contribution in [0.1, 0.15) is 24.1 Å². The summed E-state index contributed by atoms with van der Waals surface area (Å²) in [6, 6.07) is 6.49. The zero-order valence-corrected chi connectivity index (χ0v) is 13.0. The molecule has 2 aromatic heterocycles. The highest BCUT2D eigenvalue weighted by Gasteiger charge is 2.38. The van der Waals surface area contributed by atoms with Crippen LogP contribution >= 0.6 is 11.3 Å². The van der Waals surface area contributed by atoms with Crippen LogP contribution in [0.3, 0.4) is 0 Å². The second kappa shape index (κ2) is 5.55. The van der Waals surface area contributed by atoms with Crippen molar-refractivity contribution >= 4 is 11.3 Å². The molecular formula is C16H21N3OS. The molecule has 4 heterocycles. The maximum atomic E-state index is 5.65. The molecule has 112 valence electrons. The number of nitrogens with one attached hydrogen (secondary N) is 1. The van der Waals surface area contributed by atoms with Gasteiger partial charge in [0.25, 0.3) is 0 Å². The Balaban J connectivity index is 1.44. The summed E-state index contributed by atoms with van der Waals surface area (Å²) in [5, 5.41) is 7.07. The quantitative estimate of drug-likeness (QED) is 0.947. The van der Waals surface area contributed by atoms with Crippen molar-refractivity contribution in [3.8, 4) is 10.6 Å². The predicted molar refractivity (Wildman–Crippen MR) is 84.3 cm³/mol. The van der Waals surface area contributed by atoms with Gasteiger partial charge >= 0.3 is 0 Å². The van der Waals surface area contributed by atoms with E-state index in [0.717, 1.165) is 25.5 Å². The third-order valence-electron chi connectivity index (χ3n) is 4.73. The van der Waals surface area contributed by atoms with Crippen molar-refractivity contribution in [1.29, 1.82) is 0 Å². The standard InChI is InChI=1S/C16H21N3OS/c1-5-16(6-9-20-12-16)11-19(8-1)10-13-2-3-15(21-13)14-4-7-17-18-14/h2-4,7H,1,5-6,8-12H2,(H,17,18)/t16-/m1/s1. The Morgan fingerprint density at radius 3 is 3.14 bits per heavy atom. The molecule has 4 rings (SSSR count). The van der Waals surface area contributed by atoms with Crippen molar-refractivity contribution in [3.63, 3.8) is 0 Å². The van der Waals surface area contributed by atoms with E-state index in [2.05, 4.69) is 27.2 Å². The van der Waals surface area contributed by atoms with Gasteiger partial charge in [0.05, 0.1) is 17.2 Å². The van der Waals surface area contributed by atoms with Gasteiger partial charge < -0.3 is 4.74 Å². The molecule has 1 spiro atoms. The van der Waals surface area contributed by atoms with E-state index in [1.54, 1.807) is 0 Å². The van der Waals surface area contributed by atoms with Crippen molar-refractivity contribution in [2.24, 2.45) is 5.41 Å². The number of H-pyrrole nitrogens is 1. The molecular weight excluding hydrogens is 282 g/mol. The van der Waals surface area contributed by atoms with Gasteiger partial charge in [-0.2, -0.15) is 5.10 Å². The maximum absolute atomic E-state index is 5.65. The van der Waals surface area contributed by atoms with Gasteiger partial charge in [0.15, 0.2) is 0 Å². The molecule has 4 nitrogen and oxygen atoms in total. The van der Waals surface area contributed by atoms with Crippen molar-refractivity contribution in [1.82, 2.24) is 15.1 Å². The van der Waals surface area contributed by atoms with Gasteiger partial charge in [-0.25, -0.2) is 0 Å². The Morgan fingerprint density at radius 1 is 1.33 bits per heavy atom. The van der Waals surface area contributed by atoms with Gasteiger partial charge in [0.1, 0.15) is 0 Å². The topological polar surface area (TPSA) is 41.1 Å². The van der Waals surface area contributed by atoms with Crippen LogP contribution in [-0.2, 0) is 11.3 Å². The fourth-order valence-corrected chi connectivity index (χ4v) is 4.66. The van der Waals surface area contributed by atoms with Gasteiger partial charge in [-0.3, -0.25) is 10.00 Å². The lowest BCUT2D eigenvalue weighted by atomic mass is 9.79. The largest absolute Gasteiger partial charge is 0.381 e. The number of thiophene rings is 1. The van der Waals surface area contributed by atoms with E-state index in [9.17, 15) is 0 Å². The molecule has 2 saturated heterocycles. The molecule has 2 aliphatic rings. The highest BCUT2D eigenvalue weighted by molar-refractivity contribution is 7.15. The van der Waals surface area contributed by atoms with Crippen LogP contribution in [-0.4, -0.2) is 41.4 Å². The first kappa shape index (κ1) is 13.5. The van der Waals surface area contributed by atoms with E-state index in [1.807, 2.05) is 23.6 Å². The van der Waals surface area contributed by atoms with Gasteiger partial charge in [-0.15, -0.1) is 11.3 Å². The molecule has 1 atom stereocenters. The van der Waals surface area contributed by atoms with Crippen LogP contribution in [0.5, 0.6) is 0 Å². The van der Waals surface area contributed by atoms with E-state index >= 15 is 0 Å². The van der Waals surface area contributed by atoms with Crippen LogP contribution in [0.2, 0.25) is 0 Å². The van der Waals surface area contributed by atoms with Gasteiger partial charge in [0.2, 0.25) is 0 Å². The fourth-order valence-electron chi connectivity index (χ4n) is 3.64. The highest BCUT2D eigenvalue weighted by Crippen LogP contribution is 2.38. The number of hydrogen-bond acceptors (Lipinski definition) is 4. The summed E-state index contributed by atoms with van der Waals surface area (Å²) >= 11 is 1.87. The monoisotopic (exact) mass is 303 g/mol. The van der Waals surface area contributed by atoms with Crippen LogP contribution in [0.4, 0.5) is 0 Å². The van der Waals surface area contributed by atoms with Crippen molar-refractivity contribution < 1.29 is 4.74 Å². The summed E-state index contributed by atoms with van der Waals surface area (Å²) in [7, 11) is 0. The molecule has 2 aromatic rings. The highest BCUT2D eigenvalue weighted by atomic mass is 32.1. The lowest BCUT2D eigenvalue weighted by Crippen LogP contribution is -2.43. The zero-order valence-electron chi connectivity index (χ0n) is 12.2. The lowest BCUT2D eigenvalue weighted by molar-refractivity contribution is 0.0650. The zero-order chi connectivity index (χ0) is 14.1. The fraction of sp³-hybridized carbons (Fsp3) is 0.562. The second-order valence-corrected chi connectivity index (χ2v) is 7.52. The minimum atomic E-state index is 0.446. The average molecular weight is 303 g/mol. The van der Waals surface area contributed by atoms with Gasteiger partial charge in [0, 0.05) is 36.2 Å². The summed E-state index contributed by atoms with van der Waals surface area (Å²) in [5.41, 5.74) is 1.56. The smallest absolute Gasteiger partial charge is 0.0749 e. The lowest BCUT2D eigenvalue weighted by Gasteiger charge is -2.39. The summed E-state index contributed by atoms with van der Waals surface area (Å²) in [6.45, 7) is 5.41. The number of hydrogen-bond donors (Lipinski definition) is 1. The van der Waals surface area contributed by atoms with Crippen molar-refractivity contribution in [2.45, 2.75) is 25.8 Å². The van der Waals surface area contributed by atoms with E-state index in [0.29, 0.717) is 5.41 Å². The molecule has 0 aliphatic carbocycles. The van der Waals surface area contributed by atoms with Crippen LogP contribution in [0, 0.1) is 5.41 Å². The first-order chi connectivity index (χ1) is 10.3. The number of likely N-dealkylation sites (tertiary alicyclic amines) is 1. The van der Waals surface area contributed by atoms with Crippen molar-refractivity contribution in [2.75, 3.05) is 26.3 Å². The number of aromatic amines is 1. The van der Waals surface area contributed by atoms with E-state index in [1.165, 1.54) is 42.1 Å². The molecule has 1 N–H and O–H groups in total. The number of nitrogens with zero attached hydrogens (tertiary/aromatic N) is 2. The Hall–Kier alpha value is -1.17. The maximum Gasteiger partial charge on any atom is 0.0749 e. The Morgan fingerprint density at radius 2 is 2.33 bits per heavy atom. The Bertz CT molecular complexity index is 586. The molecule has 5 heteroatoms.